The Kier molecular flexibility index (Phi) is 5.27. The van der Waals surface area contributed by atoms with Crippen molar-refractivity contribution < 1.29 is 23.9 Å². The standard InChI is InChI=1S/C11H11ClFN3O4/c12-5-2-1-3-6(13)9(5)16-11(20)15-7(10(18)19)4-8(14)17/h1-3,7H,4H2,(H2,14,17)(H,18,19)(H2,15,16,20). The summed E-state index contributed by atoms with van der Waals surface area (Å²) in [5.41, 5.74) is 4.56. The number of rotatable bonds is 5. The Morgan fingerprint density at radius 3 is 2.55 bits per heavy atom. The molecule has 1 rings (SSSR count). The molecule has 0 saturated heterocycles. The Morgan fingerprint density at radius 2 is 2.05 bits per heavy atom. The number of nitrogens with two attached hydrogens (primary N) is 1. The van der Waals surface area contributed by atoms with E-state index in [-0.39, 0.29) is 10.7 Å². The van der Waals surface area contributed by atoms with Crippen LogP contribution >= 0.6 is 11.6 Å². The van der Waals surface area contributed by atoms with Gasteiger partial charge in [-0.25, -0.2) is 14.0 Å². The van der Waals surface area contributed by atoms with Gasteiger partial charge in [0.2, 0.25) is 5.91 Å². The number of primary amides is 1. The molecule has 0 bridgehead atoms. The van der Waals surface area contributed by atoms with Crippen LogP contribution in [0.3, 0.4) is 0 Å². The Hall–Kier alpha value is -2.35. The second-order valence-electron chi connectivity index (χ2n) is 3.76. The Bertz CT molecular complexity index is 532. The SMILES string of the molecule is NC(=O)CC(NC(=O)Nc1c(F)cccc1Cl)C(=O)O. The number of hydrogen-bond donors (Lipinski definition) is 4. The number of hydrogen-bond acceptors (Lipinski definition) is 3. The highest BCUT2D eigenvalue weighted by Crippen LogP contribution is 2.24. The first-order chi connectivity index (χ1) is 9.31. The van der Waals surface area contributed by atoms with Gasteiger partial charge in [0.05, 0.1) is 17.1 Å². The Morgan fingerprint density at radius 1 is 1.40 bits per heavy atom. The Labute approximate surface area is 117 Å². The van der Waals surface area contributed by atoms with Crippen molar-refractivity contribution in [3.8, 4) is 0 Å². The van der Waals surface area contributed by atoms with E-state index in [1.165, 1.54) is 12.1 Å². The van der Waals surface area contributed by atoms with Crippen LogP contribution < -0.4 is 16.4 Å². The first-order valence-corrected chi connectivity index (χ1v) is 5.71. The zero-order valence-corrected chi connectivity index (χ0v) is 10.8. The third-order valence-corrected chi connectivity index (χ3v) is 2.52. The minimum Gasteiger partial charge on any atom is -0.480 e. The fraction of sp³-hybridized carbons (Fsp3) is 0.182. The van der Waals surface area contributed by atoms with Crippen molar-refractivity contribution >= 4 is 35.2 Å². The Balaban J connectivity index is 2.76. The summed E-state index contributed by atoms with van der Waals surface area (Å²) in [6.45, 7) is 0. The third kappa shape index (κ3) is 4.39. The highest BCUT2D eigenvalue weighted by Gasteiger charge is 2.22. The summed E-state index contributed by atoms with van der Waals surface area (Å²) in [5, 5.41) is 12.8. The topological polar surface area (TPSA) is 122 Å². The molecule has 0 heterocycles. The first kappa shape index (κ1) is 15.7. The van der Waals surface area contributed by atoms with Crippen LogP contribution in [0.2, 0.25) is 5.02 Å². The number of nitrogens with one attached hydrogen (secondary N) is 2. The van der Waals surface area contributed by atoms with Crippen LogP contribution in [0.5, 0.6) is 0 Å². The van der Waals surface area contributed by atoms with Crippen molar-refractivity contribution in [2.75, 3.05) is 5.32 Å². The number of carboxylic acid groups (broad SMARTS) is 1. The van der Waals surface area contributed by atoms with Crippen molar-refractivity contribution in [1.82, 2.24) is 5.32 Å². The van der Waals surface area contributed by atoms with Crippen molar-refractivity contribution in [3.05, 3.63) is 29.0 Å². The molecular weight excluding hydrogens is 293 g/mol. The van der Waals surface area contributed by atoms with Crippen LogP contribution in [0.15, 0.2) is 18.2 Å². The molecule has 108 valence electrons. The number of halogens is 2. The molecule has 0 saturated carbocycles. The maximum atomic E-state index is 13.4. The zero-order valence-electron chi connectivity index (χ0n) is 10.0. The highest BCUT2D eigenvalue weighted by molar-refractivity contribution is 6.33. The van der Waals surface area contributed by atoms with Gasteiger partial charge in [-0.15, -0.1) is 0 Å². The molecule has 1 unspecified atom stereocenters. The monoisotopic (exact) mass is 303 g/mol. The number of para-hydroxylation sites is 1. The van der Waals surface area contributed by atoms with Gasteiger partial charge in [0.15, 0.2) is 0 Å². The molecule has 9 heteroatoms. The van der Waals surface area contributed by atoms with Gasteiger partial charge in [0, 0.05) is 0 Å². The lowest BCUT2D eigenvalue weighted by atomic mass is 10.2. The van der Waals surface area contributed by atoms with Crippen molar-refractivity contribution in [1.29, 1.82) is 0 Å². The lowest BCUT2D eigenvalue weighted by Crippen LogP contribution is -2.45. The van der Waals surface area contributed by atoms with Gasteiger partial charge in [-0.05, 0) is 12.1 Å². The number of carboxylic acids is 1. The van der Waals surface area contributed by atoms with E-state index in [2.05, 4.69) is 5.32 Å². The van der Waals surface area contributed by atoms with Crippen LogP contribution in [0.4, 0.5) is 14.9 Å². The fourth-order valence-electron chi connectivity index (χ4n) is 1.33. The van der Waals surface area contributed by atoms with E-state index < -0.39 is 36.2 Å². The lowest BCUT2D eigenvalue weighted by Gasteiger charge is -2.14. The van der Waals surface area contributed by atoms with E-state index >= 15 is 0 Å². The molecule has 1 aromatic rings. The summed E-state index contributed by atoms with van der Waals surface area (Å²) in [5.74, 6) is -3.13. The average Bonchev–Trinajstić information content (AvgIpc) is 2.32. The second kappa shape index (κ2) is 6.71. The smallest absolute Gasteiger partial charge is 0.326 e. The maximum Gasteiger partial charge on any atom is 0.326 e. The van der Waals surface area contributed by atoms with Gasteiger partial charge < -0.3 is 21.5 Å². The van der Waals surface area contributed by atoms with Crippen LogP contribution in [0, 0.1) is 5.82 Å². The first-order valence-electron chi connectivity index (χ1n) is 5.34. The fourth-order valence-corrected chi connectivity index (χ4v) is 1.54. The minimum absolute atomic E-state index is 0.0538. The van der Waals surface area contributed by atoms with E-state index in [1.807, 2.05) is 5.32 Å². The van der Waals surface area contributed by atoms with E-state index in [4.69, 9.17) is 22.4 Å². The molecule has 0 aliphatic rings. The van der Waals surface area contributed by atoms with Crippen LogP contribution in [0.25, 0.3) is 0 Å². The van der Waals surface area contributed by atoms with Crippen LogP contribution in [-0.4, -0.2) is 29.1 Å². The van der Waals surface area contributed by atoms with Crippen molar-refractivity contribution in [3.63, 3.8) is 0 Å². The molecule has 0 fully saturated rings. The lowest BCUT2D eigenvalue weighted by molar-refractivity contribution is -0.140. The molecular formula is C11H11ClFN3O4. The minimum atomic E-state index is -1.52. The molecule has 0 aliphatic heterocycles. The average molecular weight is 304 g/mol. The van der Waals surface area contributed by atoms with Gasteiger partial charge in [0.25, 0.3) is 0 Å². The molecule has 0 radical (unpaired) electrons. The molecule has 3 amide bonds. The van der Waals surface area contributed by atoms with E-state index in [0.717, 1.165) is 6.07 Å². The van der Waals surface area contributed by atoms with Gasteiger partial charge in [-0.3, -0.25) is 4.79 Å². The molecule has 0 spiro atoms. The van der Waals surface area contributed by atoms with Crippen LogP contribution in [-0.2, 0) is 9.59 Å². The summed E-state index contributed by atoms with van der Waals surface area (Å²) < 4.78 is 13.4. The zero-order chi connectivity index (χ0) is 15.3. The molecule has 1 atom stereocenters. The number of carbonyl (C=O) groups is 3. The second-order valence-corrected chi connectivity index (χ2v) is 4.16. The molecule has 7 nitrogen and oxygen atoms in total. The van der Waals surface area contributed by atoms with E-state index in [0.29, 0.717) is 0 Å². The normalized spacial score (nSPS) is 11.5. The molecule has 5 N–H and O–H groups in total. The molecule has 0 aromatic heterocycles. The maximum absolute atomic E-state index is 13.4. The summed E-state index contributed by atoms with van der Waals surface area (Å²) >= 11 is 5.68. The quantitative estimate of drug-likeness (QED) is 0.646. The summed E-state index contributed by atoms with van der Waals surface area (Å²) in [6.07, 6.45) is -0.590. The highest BCUT2D eigenvalue weighted by atomic mass is 35.5. The van der Waals surface area contributed by atoms with Gasteiger partial charge in [-0.2, -0.15) is 0 Å². The van der Waals surface area contributed by atoms with Gasteiger partial charge in [0.1, 0.15) is 11.9 Å². The number of amides is 3. The third-order valence-electron chi connectivity index (χ3n) is 2.21. The summed E-state index contributed by atoms with van der Waals surface area (Å²) in [7, 11) is 0. The largest absolute Gasteiger partial charge is 0.480 e. The predicted molar refractivity (Wildman–Crippen MR) is 68.8 cm³/mol. The molecule has 1 aromatic carbocycles. The molecule has 0 aliphatic carbocycles. The number of carbonyl (C=O) groups excluding carboxylic acids is 2. The van der Waals surface area contributed by atoms with Crippen molar-refractivity contribution in [2.24, 2.45) is 5.73 Å². The summed E-state index contributed by atoms with van der Waals surface area (Å²) in [6, 6.07) is 1.22. The number of aliphatic carboxylic acids is 1. The van der Waals surface area contributed by atoms with Crippen LogP contribution in [0.1, 0.15) is 6.42 Å². The summed E-state index contributed by atoms with van der Waals surface area (Å²) in [4.78, 5) is 33.0. The number of urea groups is 1. The number of benzene rings is 1. The number of anilines is 1. The van der Waals surface area contributed by atoms with Crippen molar-refractivity contribution in [2.45, 2.75) is 12.5 Å². The predicted octanol–water partition coefficient (Wildman–Crippen LogP) is 0.929. The van der Waals surface area contributed by atoms with Gasteiger partial charge in [-0.1, -0.05) is 17.7 Å². The van der Waals surface area contributed by atoms with Gasteiger partial charge >= 0.3 is 12.0 Å². The van der Waals surface area contributed by atoms with E-state index in [9.17, 15) is 18.8 Å². The van der Waals surface area contributed by atoms with E-state index in [1.54, 1.807) is 0 Å². The molecule has 20 heavy (non-hydrogen) atoms.